The third-order valence-electron chi connectivity index (χ3n) is 9.61. The highest BCUT2D eigenvalue weighted by molar-refractivity contribution is 5.93. The van der Waals surface area contributed by atoms with Crippen molar-refractivity contribution in [2.24, 2.45) is 29.6 Å². The molecule has 1 aliphatic heterocycles. The third kappa shape index (κ3) is 5.50. The van der Waals surface area contributed by atoms with Gasteiger partial charge in [-0.05, 0) is 73.5 Å². The van der Waals surface area contributed by atoms with Crippen molar-refractivity contribution in [3.05, 3.63) is 29.6 Å². The Hall–Kier alpha value is -2.77. The van der Waals surface area contributed by atoms with Crippen LogP contribution in [0.3, 0.4) is 0 Å². The molecule has 2 saturated carbocycles. The summed E-state index contributed by atoms with van der Waals surface area (Å²) in [6.45, 7) is 2.29. The summed E-state index contributed by atoms with van der Waals surface area (Å²) >= 11 is 0. The average molecular weight is 526 g/mol. The quantitative estimate of drug-likeness (QED) is 0.468. The smallest absolute Gasteiger partial charge is 0.371 e. The molecule has 1 amide bonds. The number of aromatic amines is 1. The number of nitrogens with one attached hydrogen (secondary N) is 1. The van der Waals surface area contributed by atoms with Gasteiger partial charge in [0.1, 0.15) is 0 Å². The number of imidazole rings is 1. The van der Waals surface area contributed by atoms with E-state index in [1.54, 1.807) is 12.1 Å². The number of hydrogen-bond donors (Lipinski definition) is 2. The molecule has 5 rings (SSSR count). The molecular weight excluding hydrogens is 485 g/mol. The van der Waals surface area contributed by atoms with Crippen molar-refractivity contribution in [3.63, 3.8) is 0 Å². The molecule has 2 N–H and O–H groups in total. The van der Waals surface area contributed by atoms with Crippen molar-refractivity contribution in [1.29, 1.82) is 0 Å². The van der Waals surface area contributed by atoms with E-state index in [0.717, 1.165) is 50.5 Å². The van der Waals surface area contributed by atoms with E-state index in [2.05, 4.69) is 9.97 Å². The lowest BCUT2D eigenvalue weighted by molar-refractivity contribution is -0.143. The SMILES string of the molecule is C[C@H](CF)C1CCC(C(=O)N2CC[C@@H](C3CCCCC3)[C@H]2C(=O)Cc2ccc3nc(C(=O)O)[nH]c3c2)CC1. The van der Waals surface area contributed by atoms with E-state index in [-0.39, 0.29) is 48.4 Å². The summed E-state index contributed by atoms with van der Waals surface area (Å²) in [6.07, 6.45) is 10.3. The van der Waals surface area contributed by atoms with Gasteiger partial charge in [0.15, 0.2) is 5.78 Å². The van der Waals surface area contributed by atoms with Crippen LogP contribution in [0.4, 0.5) is 4.39 Å². The van der Waals surface area contributed by atoms with Crippen LogP contribution in [0, 0.1) is 29.6 Å². The van der Waals surface area contributed by atoms with Crippen molar-refractivity contribution >= 4 is 28.7 Å². The predicted molar refractivity (Wildman–Crippen MR) is 143 cm³/mol. The van der Waals surface area contributed by atoms with E-state index in [0.29, 0.717) is 29.4 Å². The first-order valence-electron chi connectivity index (χ1n) is 14.5. The number of carbonyl (C=O) groups is 3. The second-order valence-corrected chi connectivity index (χ2v) is 12.0. The second kappa shape index (κ2) is 11.5. The number of benzene rings is 1. The van der Waals surface area contributed by atoms with Gasteiger partial charge in [0, 0.05) is 18.9 Å². The van der Waals surface area contributed by atoms with E-state index in [1.807, 2.05) is 17.9 Å². The van der Waals surface area contributed by atoms with Crippen molar-refractivity contribution < 1.29 is 23.9 Å². The Bertz CT molecular complexity index is 1170. The number of alkyl halides is 1. The van der Waals surface area contributed by atoms with E-state index in [1.165, 1.54) is 19.3 Å². The van der Waals surface area contributed by atoms with Crippen LogP contribution < -0.4 is 0 Å². The third-order valence-corrected chi connectivity index (χ3v) is 9.61. The van der Waals surface area contributed by atoms with Gasteiger partial charge in [0.2, 0.25) is 11.7 Å². The van der Waals surface area contributed by atoms with Gasteiger partial charge in [-0.3, -0.25) is 14.0 Å². The number of halogens is 1. The fraction of sp³-hybridized carbons (Fsp3) is 0.667. The zero-order valence-corrected chi connectivity index (χ0v) is 22.3. The van der Waals surface area contributed by atoms with Crippen LogP contribution in [0.1, 0.15) is 87.3 Å². The molecule has 2 heterocycles. The van der Waals surface area contributed by atoms with Gasteiger partial charge >= 0.3 is 5.97 Å². The molecule has 0 unspecified atom stereocenters. The van der Waals surface area contributed by atoms with Crippen LogP contribution >= 0.6 is 0 Å². The maximum atomic E-state index is 13.9. The predicted octanol–water partition coefficient (Wildman–Crippen LogP) is 5.58. The highest BCUT2D eigenvalue weighted by Gasteiger charge is 2.46. The van der Waals surface area contributed by atoms with E-state index >= 15 is 0 Å². The molecule has 0 bridgehead atoms. The first kappa shape index (κ1) is 26.8. The minimum Gasteiger partial charge on any atom is -0.475 e. The number of hydrogen-bond acceptors (Lipinski definition) is 4. The molecule has 38 heavy (non-hydrogen) atoms. The molecule has 1 aromatic heterocycles. The molecule has 3 atom stereocenters. The average Bonchev–Trinajstić information content (AvgIpc) is 3.58. The number of amides is 1. The molecule has 0 spiro atoms. The number of H-pyrrole nitrogens is 1. The fourth-order valence-electron chi connectivity index (χ4n) is 7.40. The van der Waals surface area contributed by atoms with Crippen molar-refractivity contribution in [2.75, 3.05) is 13.2 Å². The summed E-state index contributed by atoms with van der Waals surface area (Å²) in [7, 11) is 0. The van der Waals surface area contributed by atoms with Gasteiger partial charge < -0.3 is 15.0 Å². The van der Waals surface area contributed by atoms with Crippen LogP contribution in [0.2, 0.25) is 0 Å². The number of ketones is 1. The van der Waals surface area contributed by atoms with E-state index in [9.17, 15) is 23.9 Å². The molecule has 3 aliphatic rings. The Labute approximate surface area is 223 Å². The van der Waals surface area contributed by atoms with Crippen molar-refractivity contribution in [3.8, 4) is 0 Å². The van der Waals surface area contributed by atoms with Crippen LogP contribution in [-0.4, -0.2) is 56.9 Å². The molecular formula is C30H40FN3O4. The van der Waals surface area contributed by atoms with Gasteiger partial charge in [-0.1, -0.05) is 45.1 Å². The Morgan fingerprint density at radius 1 is 1.08 bits per heavy atom. The molecule has 2 aliphatic carbocycles. The Balaban J connectivity index is 1.34. The lowest BCUT2D eigenvalue weighted by atomic mass is 9.74. The summed E-state index contributed by atoms with van der Waals surface area (Å²) < 4.78 is 13.2. The highest BCUT2D eigenvalue weighted by atomic mass is 19.1. The number of aromatic nitrogens is 2. The summed E-state index contributed by atoms with van der Waals surface area (Å²) in [6, 6.07) is 4.97. The fourth-order valence-corrected chi connectivity index (χ4v) is 7.40. The zero-order chi connectivity index (χ0) is 26.8. The van der Waals surface area contributed by atoms with E-state index < -0.39 is 12.0 Å². The zero-order valence-electron chi connectivity index (χ0n) is 22.3. The normalized spacial score (nSPS) is 27.5. The number of rotatable bonds is 8. The number of carboxylic acid groups (broad SMARTS) is 1. The largest absolute Gasteiger partial charge is 0.475 e. The topological polar surface area (TPSA) is 103 Å². The summed E-state index contributed by atoms with van der Waals surface area (Å²) in [5.41, 5.74) is 1.94. The minimum atomic E-state index is -1.12. The Morgan fingerprint density at radius 3 is 2.50 bits per heavy atom. The molecule has 8 heteroatoms. The van der Waals surface area contributed by atoms with Gasteiger partial charge in [0.05, 0.1) is 23.7 Å². The Kier molecular flexibility index (Phi) is 8.15. The first-order chi connectivity index (χ1) is 18.4. The minimum absolute atomic E-state index is 0.0432. The maximum Gasteiger partial charge on any atom is 0.371 e. The number of Topliss-reactive ketones (excluding diaryl/α,β-unsaturated/α-hetero) is 1. The molecule has 1 saturated heterocycles. The molecule has 7 nitrogen and oxygen atoms in total. The van der Waals surface area contributed by atoms with Crippen LogP contribution in [0.25, 0.3) is 11.0 Å². The number of carbonyl (C=O) groups excluding carboxylic acids is 2. The summed E-state index contributed by atoms with van der Waals surface area (Å²) in [4.78, 5) is 47.8. The number of nitrogens with zero attached hydrogens (tertiary/aromatic N) is 2. The molecule has 0 radical (unpaired) electrons. The van der Waals surface area contributed by atoms with Gasteiger partial charge in [0.25, 0.3) is 0 Å². The number of carboxylic acids is 1. The van der Waals surface area contributed by atoms with Gasteiger partial charge in [-0.25, -0.2) is 9.78 Å². The van der Waals surface area contributed by atoms with Crippen LogP contribution in [0.5, 0.6) is 0 Å². The highest BCUT2D eigenvalue weighted by Crippen LogP contribution is 2.42. The molecule has 1 aromatic carbocycles. The number of aromatic carboxylic acids is 1. The summed E-state index contributed by atoms with van der Waals surface area (Å²) in [5, 5.41) is 9.24. The first-order valence-corrected chi connectivity index (χ1v) is 14.5. The maximum absolute atomic E-state index is 13.9. The van der Waals surface area contributed by atoms with Crippen LogP contribution in [0.15, 0.2) is 18.2 Å². The monoisotopic (exact) mass is 525 g/mol. The van der Waals surface area contributed by atoms with Crippen molar-refractivity contribution in [2.45, 2.75) is 83.6 Å². The summed E-state index contributed by atoms with van der Waals surface area (Å²) in [5.74, 6) is -0.0722. The molecule has 3 fully saturated rings. The lowest BCUT2D eigenvalue weighted by Crippen LogP contribution is -2.48. The van der Waals surface area contributed by atoms with E-state index in [4.69, 9.17) is 0 Å². The molecule has 2 aromatic rings. The van der Waals surface area contributed by atoms with Crippen LogP contribution in [-0.2, 0) is 16.0 Å². The number of likely N-dealkylation sites (tertiary alicyclic amines) is 1. The lowest BCUT2D eigenvalue weighted by Gasteiger charge is -2.37. The Morgan fingerprint density at radius 2 is 1.82 bits per heavy atom. The van der Waals surface area contributed by atoms with Gasteiger partial charge in [-0.15, -0.1) is 0 Å². The number of fused-ring (bicyclic) bond motifs is 1. The van der Waals surface area contributed by atoms with Gasteiger partial charge in [-0.2, -0.15) is 0 Å². The molecule has 206 valence electrons. The second-order valence-electron chi connectivity index (χ2n) is 12.0. The standard InChI is InChI=1S/C30H40FN3O4/c1-18(17-31)20-8-10-22(11-9-20)29(36)34-14-13-23(21-5-3-2-4-6-21)27(34)26(35)16-19-7-12-24-25(15-19)33-28(32-24)30(37)38/h7,12,15,18,20-23,27H,2-6,8-11,13-14,16-17H2,1H3,(H,32,33)(H,37,38)/t18-,20?,22?,23+,27+/m1/s1. The van der Waals surface area contributed by atoms with Crippen molar-refractivity contribution in [1.82, 2.24) is 14.9 Å².